The number of hydrogen-bond acceptors (Lipinski definition) is 5. The molecule has 1 amide bonds. The fourth-order valence-electron chi connectivity index (χ4n) is 3.54. The summed E-state index contributed by atoms with van der Waals surface area (Å²) in [7, 11) is -3.84. The van der Waals surface area contributed by atoms with E-state index in [4.69, 9.17) is 0 Å². The number of rotatable bonds is 6. The van der Waals surface area contributed by atoms with Gasteiger partial charge in [0.15, 0.2) is 0 Å². The Kier molecular flexibility index (Phi) is 5.43. The molecule has 0 bridgehead atoms. The van der Waals surface area contributed by atoms with Crippen molar-refractivity contribution in [3.05, 3.63) is 78.2 Å². The highest BCUT2D eigenvalue weighted by atomic mass is 32.2. The molecule has 0 saturated carbocycles. The standard InChI is InChI=1S/C22H21N5O3S/c1-3-27-19-8-5-4-7-18(19)15(2)20(27)21(28)25-16-9-11-17(12-10-16)31(29,30)26-22-23-13-6-14-24-22/h4-14H,3H2,1-2H3,(H,25,28)(H,23,24,26). The van der Waals surface area contributed by atoms with E-state index < -0.39 is 10.0 Å². The molecule has 2 aromatic carbocycles. The zero-order valence-electron chi connectivity index (χ0n) is 17.0. The van der Waals surface area contributed by atoms with Crippen molar-refractivity contribution < 1.29 is 13.2 Å². The van der Waals surface area contributed by atoms with Gasteiger partial charge in [-0.1, -0.05) is 18.2 Å². The van der Waals surface area contributed by atoms with Crippen LogP contribution in [0.25, 0.3) is 10.9 Å². The van der Waals surface area contributed by atoms with Gasteiger partial charge in [0.25, 0.3) is 15.9 Å². The van der Waals surface area contributed by atoms with Gasteiger partial charge in [-0.3, -0.25) is 4.79 Å². The lowest BCUT2D eigenvalue weighted by atomic mass is 10.1. The van der Waals surface area contributed by atoms with Crippen molar-refractivity contribution in [2.24, 2.45) is 0 Å². The molecule has 9 heteroatoms. The molecule has 2 heterocycles. The molecule has 4 aromatic rings. The minimum atomic E-state index is -3.84. The molecular formula is C22H21N5O3S. The molecule has 2 aromatic heterocycles. The largest absolute Gasteiger partial charge is 0.337 e. The number of hydrogen-bond donors (Lipinski definition) is 2. The van der Waals surface area contributed by atoms with E-state index in [1.165, 1.54) is 24.5 Å². The first-order valence-electron chi connectivity index (χ1n) is 9.70. The third kappa shape index (κ3) is 3.99. The highest BCUT2D eigenvalue weighted by Gasteiger charge is 2.20. The summed E-state index contributed by atoms with van der Waals surface area (Å²) in [5.41, 5.74) is 2.99. The minimum absolute atomic E-state index is 0.0113. The summed E-state index contributed by atoms with van der Waals surface area (Å²) >= 11 is 0. The Bertz CT molecular complexity index is 1350. The number of aromatic nitrogens is 3. The summed E-state index contributed by atoms with van der Waals surface area (Å²) in [6, 6.07) is 15.4. The van der Waals surface area contributed by atoms with Crippen LogP contribution in [0.15, 0.2) is 71.9 Å². The van der Waals surface area contributed by atoms with Crippen molar-refractivity contribution in [3.63, 3.8) is 0 Å². The third-order valence-corrected chi connectivity index (χ3v) is 6.31. The molecule has 0 fully saturated rings. The predicted octanol–water partition coefficient (Wildman–Crippen LogP) is 3.81. The highest BCUT2D eigenvalue weighted by Crippen LogP contribution is 2.26. The highest BCUT2D eigenvalue weighted by molar-refractivity contribution is 7.92. The van der Waals surface area contributed by atoms with E-state index in [0.29, 0.717) is 17.9 Å². The van der Waals surface area contributed by atoms with E-state index in [1.54, 1.807) is 18.2 Å². The Hall–Kier alpha value is -3.72. The molecule has 0 aliphatic rings. The van der Waals surface area contributed by atoms with Crippen LogP contribution >= 0.6 is 0 Å². The van der Waals surface area contributed by atoms with E-state index in [-0.39, 0.29) is 16.8 Å². The quantitative estimate of drug-likeness (QED) is 0.479. The molecule has 4 rings (SSSR count). The van der Waals surface area contributed by atoms with Crippen LogP contribution in [0.3, 0.4) is 0 Å². The Morgan fingerprint density at radius 3 is 2.35 bits per heavy atom. The van der Waals surface area contributed by atoms with Gasteiger partial charge in [0, 0.05) is 35.5 Å². The number of fused-ring (bicyclic) bond motifs is 1. The van der Waals surface area contributed by atoms with E-state index >= 15 is 0 Å². The molecule has 31 heavy (non-hydrogen) atoms. The summed E-state index contributed by atoms with van der Waals surface area (Å²) in [5.74, 6) is -0.260. The van der Waals surface area contributed by atoms with Gasteiger partial charge in [0.05, 0.1) is 4.90 Å². The summed E-state index contributed by atoms with van der Waals surface area (Å²) < 4.78 is 29.3. The molecule has 8 nitrogen and oxygen atoms in total. The average Bonchev–Trinajstić information content (AvgIpc) is 3.06. The number of amides is 1. The summed E-state index contributed by atoms with van der Waals surface area (Å²) in [5, 5.41) is 3.90. The van der Waals surface area contributed by atoms with Crippen LogP contribution in [-0.4, -0.2) is 28.9 Å². The van der Waals surface area contributed by atoms with Crippen molar-refractivity contribution in [1.82, 2.24) is 14.5 Å². The second kappa shape index (κ2) is 8.19. The Balaban J connectivity index is 1.57. The fourth-order valence-corrected chi connectivity index (χ4v) is 4.49. The Morgan fingerprint density at radius 1 is 1.00 bits per heavy atom. The van der Waals surface area contributed by atoms with Crippen LogP contribution in [-0.2, 0) is 16.6 Å². The SMILES string of the molecule is CCn1c(C(=O)Nc2ccc(S(=O)(=O)Nc3ncccn3)cc2)c(C)c2ccccc21. The number of carbonyl (C=O) groups excluding carboxylic acids is 1. The van der Waals surface area contributed by atoms with Crippen molar-refractivity contribution in [3.8, 4) is 0 Å². The smallest absolute Gasteiger partial charge is 0.272 e. The molecule has 0 atom stereocenters. The van der Waals surface area contributed by atoms with Crippen LogP contribution in [0, 0.1) is 6.92 Å². The predicted molar refractivity (Wildman–Crippen MR) is 120 cm³/mol. The van der Waals surface area contributed by atoms with Gasteiger partial charge in [-0.2, -0.15) is 0 Å². The summed E-state index contributed by atoms with van der Waals surface area (Å²) in [4.78, 5) is 20.8. The summed E-state index contributed by atoms with van der Waals surface area (Å²) in [6.07, 6.45) is 2.89. The average molecular weight is 436 g/mol. The molecule has 0 aliphatic carbocycles. The molecular weight excluding hydrogens is 414 g/mol. The molecule has 0 aliphatic heterocycles. The van der Waals surface area contributed by atoms with Gasteiger partial charge in [0.1, 0.15) is 5.69 Å². The van der Waals surface area contributed by atoms with Crippen LogP contribution < -0.4 is 10.0 Å². The van der Waals surface area contributed by atoms with Crippen molar-refractivity contribution in [2.75, 3.05) is 10.0 Å². The number of carbonyl (C=O) groups is 1. The van der Waals surface area contributed by atoms with Crippen molar-refractivity contribution in [2.45, 2.75) is 25.3 Å². The van der Waals surface area contributed by atoms with Crippen LogP contribution in [0.1, 0.15) is 23.0 Å². The normalized spacial score (nSPS) is 11.4. The summed E-state index contributed by atoms with van der Waals surface area (Å²) in [6.45, 7) is 4.57. The molecule has 0 radical (unpaired) electrons. The van der Waals surface area contributed by atoms with Crippen LogP contribution in [0.5, 0.6) is 0 Å². The first-order chi connectivity index (χ1) is 14.9. The zero-order valence-corrected chi connectivity index (χ0v) is 17.8. The number of para-hydroxylation sites is 1. The van der Waals surface area contributed by atoms with Gasteiger partial charge in [-0.15, -0.1) is 0 Å². The van der Waals surface area contributed by atoms with Gasteiger partial charge < -0.3 is 9.88 Å². The molecule has 0 spiro atoms. The van der Waals surface area contributed by atoms with Crippen molar-refractivity contribution >= 4 is 38.5 Å². The fraction of sp³-hybridized carbons (Fsp3) is 0.136. The second-order valence-electron chi connectivity index (χ2n) is 6.89. The molecule has 2 N–H and O–H groups in total. The van der Waals surface area contributed by atoms with Crippen LogP contribution in [0.4, 0.5) is 11.6 Å². The topological polar surface area (TPSA) is 106 Å². The Labute approximate surface area is 180 Å². The first kappa shape index (κ1) is 20.5. The van der Waals surface area contributed by atoms with Gasteiger partial charge in [0.2, 0.25) is 5.95 Å². The lowest BCUT2D eigenvalue weighted by molar-refractivity contribution is 0.101. The number of aryl methyl sites for hydroxylation is 2. The zero-order chi connectivity index (χ0) is 22.0. The number of nitrogens with one attached hydrogen (secondary N) is 2. The molecule has 0 saturated heterocycles. The Morgan fingerprint density at radius 2 is 1.68 bits per heavy atom. The lowest BCUT2D eigenvalue weighted by Crippen LogP contribution is -2.18. The maximum Gasteiger partial charge on any atom is 0.272 e. The minimum Gasteiger partial charge on any atom is -0.337 e. The third-order valence-electron chi connectivity index (χ3n) is 4.97. The second-order valence-corrected chi connectivity index (χ2v) is 8.57. The van der Waals surface area contributed by atoms with Crippen molar-refractivity contribution in [1.29, 1.82) is 0 Å². The van der Waals surface area contributed by atoms with E-state index in [1.807, 2.05) is 42.7 Å². The molecule has 0 unspecified atom stereocenters. The number of anilines is 2. The van der Waals surface area contributed by atoms with E-state index in [9.17, 15) is 13.2 Å². The monoisotopic (exact) mass is 435 g/mol. The van der Waals surface area contributed by atoms with E-state index in [0.717, 1.165) is 16.5 Å². The number of nitrogens with zero attached hydrogens (tertiary/aromatic N) is 3. The van der Waals surface area contributed by atoms with Gasteiger partial charge in [-0.25, -0.2) is 23.1 Å². The molecule has 158 valence electrons. The first-order valence-corrected chi connectivity index (χ1v) is 11.2. The number of sulfonamides is 1. The van der Waals surface area contributed by atoms with Crippen LogP contribution in [0.2, 0.25) is 0 Å². The van der Waals surface area contributed by atoms with Gasteiger partial charge in [-0.05, 0) is 55.8 Å². The lowest BCUT2D eigenvalue weighted by Gasteiger charge is -2.11. The van der Waals surface area contributed by atoms with Gasteiger partial charge >= 0.3 is 0 Å². The maximum absolute atomic E-state index is 13.0. The maximum atomic E-state index is 13.0. The number of benzene rings is 2. The van der Waals surface area contributed by atoms with E-state index in [2.05, 4.69) is 20.0 Å².